The molecule has 0 bridgehead atoms. The van der Waals surface area contributed by atoms with E-state index in [2.05, 4.69) is 15.6 Å². The van der Waals surface area contributed by atoms with Crippen LogP contribution in [-0.4, -0.2) is 46.6 Å². The van der Waals surface area contributed by atoms with Crippen molar-refractivity contribution < 1.29 is 23.9 Å². The van der Waals surface area contributed by atoms with Crippen molar-refractivity contribution in [3.8, 4) is 0 Å². The molecule has 2 aromatic rings. The molecule has 0 saturated carbocycles. The van der Waals surface area contributed by atoms with E-state index < -0.39 is 11.9 Å². The molecule has 1 saturated heterocycles. The van der Waals surface area contributed by atoms with Crippen LogP contribution in [0.25, 0.3) is 6.08 Å². The van der Waals surface area contributed by atoms with Gasteiger partial charge in [0.2, 0.25) is 5.91 Å². The molecule has 3 rings (SSSR count). The van der Waals surface area contributed by atoms with Gasteiger partial charge in [0.15, 0.2) is 0 Å². The summed E-state index contributed by atoms with van der Waals surface area (Å²) >= 11 is 12.4. The summed E-state index contributed by atoms with van der Waals surface area (Å²) in [5.41, 5.74) is 6.35. The molecule has 1 fully saturated rings. The molecule has 0 aromatic heterocycles. The van der Waals surface area contributed by atoms with Crippen LogP contribution >= 0.6 is 35.6 Å². The number of unbranched alkanes of at least 4 members (excludes halogenated alkanes) is 2. The summed E-state index contributed by atoms with van der Waals surface area (Å²) in [6.07, 6.45) is 3.96. The summed E-state index contributed by atoms with van der Waals surface area (Å²) in [7, 11) is 1.32. The molecular formula is C25H24ClN3O5S2. The Morgan fingerprint density at radius 1 is 1.00 bits per heavy atom. The lowest BCUT2D eigenvalue weighted by Gasteiger charge is -2.14. The van der Waals surface area contributed by atoms with E-state index in [1.807, 2.05) is 0 Å². The molecule has 1 aliphatic rings. The van der Waals surface area contributed by atoms with E-state index in [1.54, 1.807) is 59.5 Å². The zero-order valence-corrected chi connectivity index (χ0v) is 21.8. The standard InChI is InChI=1S/C25H24ClN3O5S2/c1-34-24(33)18-8-6-16(7-9-18)15-20-23(32)29(25(35)36-20)14-4-2-3-5-21(30)27-28-22(31)17-10-12-19(26)13-11-17/h6-13,15H,2-5,14H2,1H3,(H,27,30)(H,28,31). The van der Waals surface area contributed by atoms with Crippen molar-refractivity contribution in [3.63, 3.8) is 0 Å². The zero-order chi connectivity index (χ0) is 26.1. The minimum absolute atomic E-state index is 0.162. The second-order valence-corrected chi connectivity index (χ2v) is 9.88. The summed E-state index contributed by atoms with van der Waals surface area (Å²) in [4.78, 5) is 50.4. The highest BCUT2D eigenvalue weighted by Crippen LogP contribution is 2.32. The maximum atomic E-state index is 12.8. The Kier molecular flexibility index (Phi) is 10.0. The van der Waals surface area contributed by atoms with Gasteiger partial charge in [0.1, 0.15) is 4.32 Å². The number of carbonyl (C=O) groups is 4. The molecule has 8 nitrogen and oxygen atoms in total. The summed E-state index contributed by atoms with van der Waals surface area (Å²) < 4.78 is 5.17. The highest BCUT2D eigenvalue weighted by molar-refractivity contribution is 8.26. The van der Waals surface area contributed by atoms with Gasteiger partial charge < -0.3 is 4.74 Å². The number of thiocarbonyl (C=S) groups is 1. The number of nitrogens with one attached hydrogen (secondary N) is 2. The lowest BCUT2D eigenvalue weighted by atomic mass is 10.1. The van der Waals surface area contributed by atoms with E-state index in [9.17, 15) is 19.2 Å². The van der Waals surface area contributed by atoms with Gasteiger partial charge in [-0.15, -0.1) is 0 Å². The van der Waals surface area contributed by atoms with Crippen LogP contribution in [0.1, 0.15) is 52.0 Å². The van der Waals surface area contributed by atoms with Gasteiger partial charge in [-0.2, -0.15) is 0 Å². The largest absolute Gasteiger partial charge is 0.465 e. The molecule has 0 aliphatic carbocycles. The number of amides is 3. The van der Waals surface area contributed by atoms with E-state index in [0.29, 0.717) is 51.2 Å². The fourth-order valence-electron chi connectivity index (χ4n) is 3.27. The quantitative estimate of drug-likeness (QED) is 0.159. The number of rotatable bonds is 9. The van der Waals surface area contributed by atoms with Crippen LogP contribution in [0.5, 0.6) is 0 Å². The smallest absolute Gasteiger partial charge is 0.337 e. The van der Waals surface area contributed by atoms with Gasteiger partial charge in [0.25, 0.3) is 11.8 Å². The highest BCUT2D eigenvalue weighted by atomic mass is 35.5. The van der Waals surface area contributed by atoms with Gasteiger partial charge in [-0.1, -0.05) is 54.1 Å². The molecule has 0 spiro atoms. The molecule has 0 unspecified atom stereocenters. The summed E-state index contributed by atoms with van der Waals surface area (Å²) in [6.45, 7) is 0.457. The molecule has 2 aromatic carbocycles. The van der Waals surface area contributed by atoms with Crippen molar-refractivity contribution >= 4 is 69.7 Å². The molecule has 3 amide bonds. The second kappa shape index (κ2) is 13.2. The SMILES string of the molecule is COC(=O)c1ccc(C=C2SC(=S)N(CCCCCC(=O)NNC(=O)c3ccc(Cl)cc3)C2=O)cc1. The first-order chi connectivity index (χ1) is 17.3. The molecule has 11 heteroatoms. The Morgan fingerprint density at radius 2 is 1.67 bits per heavy atom. The summed E-state index contributed by atoms with van der Waals surface area (Å²) in [5, 5.41) is 0.518. The number of nitrogens with zero attached hydrogens (tertiary/aromatic N) is 1. The van der Waals surface area contributed by atoms with Gasteiger partial charge in [0, 0.05) is 23.6 Å². The predicted molar refractivity (Wildman–Crippen MR) is 143 cm³/mol. The molecule has 188 valence electrons. The number of ether oxygens (including phenoxy) is 1. The monoisotopic (exact) mass is 545 g/mol. The van der Waals surface area contributed by atoms with E-state index in [1.165, 1.54) is 18.9 Å². The van der Waals surface area contributed by atoms with Gasteiger partial charge in [0.05, 0.1) is 17.6 Å². The van der Waals surface area contributed by atoms with Crippen molar-refractivity contribution in [2.45, 2.75) is 25.7 Å². The Hall–Kier alpha value is -3.21. The van der Waals surface area contributed by atoms with Crippen molar-refractivity contribution in [2.24, 2.45) is 0 Å². The van der Waals surface area contributed by atoms with Gasteiger partial charge in [-0.25, -0.2) is 4.79 Å². The van der Waals surface area contributed by atoms with Crippen molar-refractivity contribution in [1.29, 1.82) is 0 Å². The van der Waals surface area contributed by atoms with E-state index in [0.717, 1.165) is 5.56 Å². The number of thioether (sulfide) groups is 1. The molecule has 36 heavy (non-hydrogen) atoms. The van der Waals surface area contributed by atoms with Crippen LogP contribution < -0.4 is 10.9 Å². The van der Waals surface area contributed by atoms with E-state index in [-0.39, 0.29) is 18.2 Å². The topological polar surface area (TPSA) is 105 Å². The Bertz CT molecular complexity index is 1180. The molecule has 2 N–H and O–H groups in total. The average molecular weight is 546 g/mol. The van der Waals surface area contributed by atoms with Crippen LogP contribution in [0.4, 0.5) is 0 Å². The minimum Gasteiger partial charge on any atom is -0.465 e. The first-order valence-electron chi connectivity index (χ1n) is 11.1. The van der Waals surface area contributed by atoms with Crippen molar-refractivity contribution in [2.75, 3.05) is 13.7 Å². The van der Waals surface area contributed by atoms with Crippen LogP contribution in [0.3, 0.4) is 0 Å². The van der Waals surface area contributed by atoms with E-state index in [4.69, 9.17) is 23.8 Å². The number of benzene rings is 2. The maximum Gasteiger partial charge on any atom is 0.337 e. The normalized spacial score (nSPS) is 14.2. The number of hydrogen-bond donors (Lipinski definition) is 2. The third-order valence-corrected chi connectivity index (χ3v) is 6.84. The molecule has 1 aliphatic heterocycles. The summed E-state index contributed by atoms with van der Waals surface area (Å²) in [6, 6.07) is 13.1. The van der Waals surface area contributed by atoms with Gasteiger partial charge >= 0.3 is 5.97 Å². The van der Waals surface area contributed by atoms with Crippen LogP contribution in [0.2, 0.25) is 5.02 Å². The maximum absolute atomic E-state index is 12.8. The molecule has 0 atom stereocenters. The second-order valence-electron chi connectivity index (χ2n) is 7.77. The number of hydrazine groups is 1. The zero-order valence-electron chi connectivity index (χ0n) is 19.4. The molecule has 0 radical (unpaired) electrons. The van der Waals surface area contributed by atoms with Crippen molar-refractivity contribution in [1.82, 2.24) is 15.8 Å². The lowest BCUT2D eigenvalue weighted by Crippen LogP contribution is -2.41. The van der Waals surface area contributed by atoms with Crippen LogP contribution in [-0.2, 0) is 14.3 Å². The first kappa shape index (κ1) is 27.4. The minimum atomic E-state index is -0.429. The number of carbonyl (C=O) groups excluding carboxylic acids is 4. The Balaban J connectivity index is 1.38. The summed E-state index contributed by atoms with van der Waals surface area (Å²) in [5.74, 6) is -1.32. The van der Waals surface area contributed by atoms with Crippen LogP contribution in [0, 0.1) is 0 Å². The Morgan fingerprint density at radius 3 is 2.33 bits per heavy atom. The first-order valence-corrected chi connectivity index (χ1v) is 12.7. The third-order valence-electron chi connectivity index (χ3n) is 5.21. The van der Waals surface area contributed by atoms with Gasteiger partial charge in [-0.3, -0.25) is 30.1 Å². The average Bonchev–Trinajstić information content (AvgIpc) is 3.14. The molecule has 1 heterocycles. The fourth-order valence-corrected chi connectivity index (χ4v) is 4.71. The fraction of sp³-hybridized carbons (Fsp3) is 0.240. The van der Waals surface area contributed by atoms with Crippen molar-refractivity contribution in [3.05, 3.63) is 75.1 Å². The number of hydrogen-bond acceptors (Lipinski definition) is 7. The van der Waals surface area contributed by atoms with Gasteiger partial charge in [-0.05, 0) is 60.9 Å². The highest BCUT2D eigenvalue weighted by Gasteiger charge is 2.31. The molecular weight excluding hydrogens is 522 g/mol. The van der Waals surface area contributed by atoms with Crippen LogP contribution in [0.15, 0.2) is 53.4 Å². The van der Waals surface area contributed by atoms with E-state index >= 15 is 0 Å². The Labute approximate surface area is 223 Å². The lowest BCUT2D eigenvalue weighted by molar-refractivity contribution is -0.123. The predicted octanol–water partition coefficient (Wildman–Crippen LogP) is 4.35. The number of esters is 1. The number of halogens is 1. The number of methoxy groups -OCH3 is 1. The third kappa shape index (κ3) is 7.64.